The summed E-state index contributed by atoms with van der Waals surface area (Å²) in [4.78, 5) is 34.2. The number of methoxy groups -OCH3 is 1. The SMILES string of the molecule is COc1cccc(-c2nc3ncc(Br)cc3c(=O)n2CC(=O)NC(C)C)c1. The maximum absolute atomic E-state index is 13.1. The first-order valence-corrected chi connectivity index (χ1v) is 9.18. The van der Waals surface area contributed by atoms with Crippen LogP contribution in [-0.4, -0.2) is 33.6 Å². The number of hydrogen-bond donors (Lipinski definition) is 1. The lowest BCUT2D eigenvalue weighted by Crippen LogP contribution is -2.37. The van der Waals surface area contributed by atoms with Gasteiger partial charge in [-0.1, -0.05) is 12.1 Å². The van der Waals surface area contributed by atoms with E-state index in [-0.39, 0.29) is 24.1 Å². The van der Waals surface area contributed by atoms with Crippen LogP contribution >= 0.6 is 15.9 Å². The van der Waals surface area contributed by atoms with Crippen LogP contribution in [0.5, 0.6) is 5.75 Å². The van der Waals surface area contributed by atoms with Gasteiger partial charge >= 0.3 is 0 Å². The molecule has 0 aliphatic heterocycles. The van der Waals surface area contributed by atoms with Gasteiger partial charge in [0.05, 0.1) is 12.5 Å². The summed E-state index contributed by atoms with van der Waals surface area (Å²) in [7, 11) is 1.56. The van der Waals surface area contributed by atoms with Crippen LogP contribution in [0.15, 0.2) is 45.8 Å². The molecule has 0 fully saturated rings. The number of nitrogens with zero attached hydrogens (tertiary/aromatic N) is 3. The van der Waals surface area contributed by atoms with Crippen molar-refractivity contribution in [2.75, 3.05) is 7.11 Å². The monoisotopic (exact) mass is 430 g/mol. The predicted octanol–water partition coefficient (Wildman–Crippen LogP) is 2.75. The van der Waals surface area contributed by atoms with Gasteiger partial charge in [0.15, 0.2) is 5.65 Å². The molecule has 3 rings (SSSR count). The molecule has 0 bridgehead atoms. The smallest absolute Gasteiger partial charge is 0.263 e. The van der Waals surface area contributed by atoms with Gasteiger partial charge in [0, 0.05) is 22.3 Å². The van der Waals surface area contributed by atoms with E-state index in [1.165, 1.54) is 4.57 Å². The normalized spacial score (nSPS) is 11.0. The summed E-state index contributed by atoms with van der Waals surface area (Å²) >= 11 is 3.32. The summed E-state index contributed by atoms with van der Waals surface area (Å²) in [5, 5.41) is 3.14. The number of amides is 1. The van der Waals surface area contributed by atoms with E-state index in [9.17, 15) is 9.59 Å². The van der Waals surface area contributed by atoms with Crippen LogP contribution in [0.4, 0.5) is 0 Å². The molecule has 3 aromatic rings. The Kier molecular flexibility index (Phi) is 5.55. The summed E-state index contributed by atoms with van der Waals surface area (Å²) in [5.74, 6) is 0.726. The topological polar surface area (TPSA) is 86.1 Å². The van der Waals surface area contributed by atoms with Gasteiger partial charge in [0.1, 0.15) is 18.1 Å². The van der Waals surface area contributed by atoms with Crippen molar-refractivity contribution in [3.05, 3.63) is 51.4 Å². The van der Waals surface area contributed by atoms with Crippen LogP contribution < -0.4 is 15.6 Å². The third kappa shape index (κ3) is 4.16. The molecule has 1 aromatic carbocycles. The van der Waals surface area contributed by atoms with Gasteiger partial charge in [-0.3, -0.25) is 14.2 Å². The average Bonchev–Trinajstić information content (AvgIpc) is 2.63. The Morgan fingerprint density at radius 3 is 2.81 bits per heavy atom. The molecule has 0 saturated heterocycles. The van der Waals surface area contributed by atoms with Gasteiger partial charge in [-0.05, 0) is 48.0 Å². The third-order valence-corrected chi connectivity index (χ3v) is 4.29. The zero-order chi connectivity index (χ0) is 19.6. The van der Waals surface area contributed by atoms with Gasteiger partial charge < -0.3 is 10.1 Å². The molecule has 0 aliphatic carbocycles. The van der Waals surface area contributed by atoms with Crippen LogP contribution in [0.25, 0.3) is 22.4 Å². The highest BCUT2D eigenvalue weighted by Crippen LogP contribution is 2.23. The lowest BCUT2D eigenvalue weighted by Gasteiger charge is -2.15. The second kappa shape index (κ2) is 7.87. The maximum Gasteiger partial charge on any atom is 0.263 e. The second-order valence-electron chi connectivity index (χ2n) is 6.31. The molecule has 0 saturated carbocycles. The molecule has 0 spiro atoms. The highest BCUT2D eigenvalue weighted by molar-refractivity contribution is 9.10. The summed E-state index contributed by atoms with van der Waals surface area (Å²) in [5.41, 5.74) is 0.655. The lowest BCUT2D eigenvalue weighted by atomic mass is 10.2. The number of benzene rings is 1. The van der Waals surface area contributed by atoms with E-state index in [2.05, 4.69) is 31.2 Å². The minimum atomic E-state index is -0.328. The largest absolute Gasteiger partial charge is 0.497 e. The first-order chi connectivity index (χ1) is 12.9. The Balaban J connectivity index is 2.23. The Morgan fingerprint density at radius 2 is 2.11 bits per heavy atom. The van der Waals surface area contributed by atoms with E-state index < -0.39 is 0 Å². The number of carbonyl (C=O) groups is 1. The second-order valence-corrected chi connectivity index (χ2v) is 7.22. The minimum absolute atomic E-state index is 0.0299. The van der Waals surface area contributed by atoms with E-state index in [0.717, 1.165) is 0 Å². The molecule has 2 aromatic heterocycles. The van der Waals surface area contributed by atoms with Crippen LogP contribution in [0.2, 0.25) is 0 Å². The summed E-state index contributed by atoms with van der Waals surface area (Å²) < 4.78 is 7.30. The van der Waals surface area contributed by atoms with Gasteiger partial charge in [0.2, 0.25) is 5.91 Å². The van der Waals surface area contributed by atoms with Crippen LogP contribution in [0, 0.1) is 0 Å². The summed E-state index contributed by atoms with van der Waals surface area (Å²) in [6.07, 6.45) is 1.58. The van der Waals surface area contributed by atoms with E-state index in [1.807, 2.05) is 19.9 Å². The molecule has 0 atom stereocenters. The Hall–Kier alpha value is -2.74. The van der Waals surface area contributed by atoms with Crippen LogP contribution in [-0.2, 0) is 11.3 Å². The quantitative estimate of drug-likeness (QED) is 0.672. The zero-order valence-electron chi connectivity index (χ0n) is 15.2. The van der Waals surface area contributed by atoms with Crippen molar-refractivity contribution < 1.29 is 9.53 Å². The number of hydrogen-bond acceptors (Lipinski definition) is 5. The molecule has 1 amide bonds. The van der Waals surface area contributed by atoms with Crippen LogP contribution in [0.3, 0.4) is 0 Å². The number of aromatic nitrogens is 3. The van der Waals surface area contributed by atoms with Crippen molar-refractivity contribution in [2.45, 2.75) is 26.4 Å². The van der Waals surface area contributed by atoms with Gasteiger partial charge in [-0.25, -0.2) is 9.97 Å². The maximum atomic E-state index is 13.1. The predicted molar refractivity (Wildman–Crippen MR) is 107 cm³/mol. The standard InChI is InChI=1S/C19H19BrN4O3/c1-11(2)22-16(25)10-24-18(12-5-4-6-14(7-12)27-3)23-17-15(19(24)26)8-13(20)9-21-17/h4-9,11H,10H2,1-3H3,(H,22,25). The third-order valence-electron chi connectivity index (χ3n) is 3.86. The first-order valence-electron chi connectivity index (χ1n) is 8.39. The molecule has 27 heavy (non-hydrogen) atoms. The Bertz CT molecular complexity index is 1060. The number of ether oxygens (including phenoxy) is 1. The van der Waals surface area contributed by atoms with Crippen LogP contribution in [0.1, 0.15) is 13.8 Å². The van der Waals surface area contributed by atoms with E-state index in [0.29, 0.717) is 32.6 Å². The molecule has 0 radical (unpaired) electrons. The molecule has 2 heterocycles. The highest BCUT2D eigenvalue weighted by atomic mass is 79.9. The fraction of sp³-hybridized carbons (Fsp3) is 0.263. The van der Waals surface area contributed by atoms with E-state index in [1.54, 1.807) is 37.6 Å². The number of fused-ring (bicyclic) bond motifs is 1. The van der Waals surface area contributed by atoms with Crippen molar-refractivity contribution in [3.63, 3.8) is 0 Å². The molecule has 1 N–H and O–H groups in total. The van der Waals surface area contributed by atoms with Gasteiger partial charge in [-0.15, -0.1) is 0 Å². The molecule has 140 valence electrons. The number of rotatable bonds is 5. The average molecular weight is 431 g/mol. The Morgan fingerprint density at radius 1 is 1.33 bits per heavy atom. The number of nitrogens with one attached hydrogen (secondary N) is 1. The molecule has 7 nitrogen and oxygen atoms in total. The van der Waals surface area contributed by atoms with Crippen molar-refractivity contribution >= 4 is 32.9 Å². The Labute approximate surface area is 164 Å². The number of carbonyl (C=O) groups excluding carboxylic acids is 1. The van der Waals surface area contributed by atoms with E-state index in [4.69, 9.17) is 4.74 Å². The van der Waals surface area contributed by atoms with Crippen molar-refractivity contribution in [2.24, 2.45) is 0 Å². The summed E-state index contributed by atoms with van der Waals surface area (Å²) in [6, 6.07) is 8.81. The van der Waals surface area contributed by atoms with E-state index >= 15 is 0 Å². The molecular formula is C19H19BrN4O3. The lowest BCUT2D eigenvalue weighted by molar-refractivity contribution is -0.122. The first kappa shape index (κ1) is 19.0. The fourth-order valence-electron chi connectivity index (χ4n) is 2.72. The fourth-order valence-corrected chi connectivity index (χ4v) is 3.05. The molecule has 8 heteroatoms. The van der Waals surface area contributed by atoms with Crippen molar-refractivity contribution in [3.8, 4) is 17.1 Å². The number of pyridine rings is 1. The minimum Gasteiger partial charge on any atom is -0.497 e. The van der Waals surface area contributed by atoms with Crippen molar-refractivity contribution in [1.29, 1.82) is 0 Å². The van der Waals surface area contributed by atoms with Gasteiger partial charge in [0.25, 0.3) is 5.56 Å². The van der Waals surface area contributed by atoms with Crippen molar-refractivity contribution in [1.82, 2.24) is 19.9 Å². The summed E-state index contributed by atoms with van der Waals surface area (Å²) in [6.45, 7) is 3.59. The molecule has 0 unspecified atom stereocenters. The zero-order valence-corrected chi connectivity index (χ0v) is 16.8. The molecule has 0 aliphatic rings. The molecular weight excluding hydrogens is 412 g/mol. The number of halogens is 1. The highest BCUT2D eigenvalue weighted by Gasteiger charge is 2.17. The van der Waals surface area contributed by atoms with Gasteiger partial charge in [-0.2, -0.15) is 0 Å².